The Morgan fingerprint density at radius 2 is 0.829 bits per heavy atom. The van der Waals surface area contributed by atoms with Crippen LogP contribution in [0.3, 0.4) is 0 Å². The smallest absolute Gasteiger partial charge is 0.249 e. The number of unbranched alkanes of at least 4 members (excludes halogenated alkanes) is 23. The van der Waals surface area contributed by atoms with Crippen LogP contribution in [0.25, 0.3) is 0 Å². The Hall–Kier alpha value is -0.690. The van der Waals surface area contributed by atoms with Gasteiger partial charge in [0.1, 0.15) is 12.2 Å². The van der Waals surface area contributed by atoms with Gasteiger partial charge in [0.2, 0.25) is 5.91 Å². The molecule has 0 saturated carbocycles. The molecule has 0 saturated heterocycles. The van der Waals surface area contributed by atoms with E-state index in [1.807, 2.05) is 0 Å². The second kappa shape index (κ2) is 30.8. The van der Waals surface area contributed by atoms with Crippen molar-refractivity contribution in [2.75, 3.05) is 6.61 Å². The highest BCUT2D eigenvalue weighted by molar-refractivity contribution is 5.80. The van der Waals surface area contributed by atoms with Gasteiger partial charge in [-0.2, -0.15) is 0 Å². The number of rotatable bonds is 32. The lowest BCUT2D eigenvalue weighted by molar-refractivity contribution is -0.132. The molecule has 41 heavy (non-hydrogen) atoms. The van der Waals surface area contributed by atoms with Gasteiger partial charge in [0, 0.05) is 0 Å². The molecule has 5 N–H and O–H groups in total. The first-order chi connectivity index (χ1) is 20.0. The van der Waals surface area contributed by atoms with Gasteiger partial charge in [-0.3, -0.25) is 4.79 Å². The summed E-state index contributed by atoms with van der Waals surface area (Å²) in [6.45, 7) is 3.86. The summed E-state index contributed by atoms with van der Waals surface area (Å²) in [5.41, 5.74) is 0. The second-order valence-corrected chi connectivity index (χ2v) is 12.6. The van der Waals surface area contributed by atoms with E-state index >= 15 is 0 Å². The maximum Gasteiger partial charge on any atom is 0.249 e. The maximum atomic E-state index is 12.3. The minimum absolute atomic E-state index is 0.373. The minimum Gasteiger partial charge on any atom is -0.394 e. The zero-order chi connectivity index (χ0) is 30.4. The van der Waals surface area contributed by atoms with Crippen LogP contribution >= 0.6 is 0 Å². The van der Waals surface area contributed by atoms with Gasteiger partial charge in [0.05, 0.1) is 18.8 Å². The van der Waals surface area contributed by atoms with E-state index in [4.69, 9.17) is 0 Å². The molecule has 0 aliphatic rings. The number of nitrogens with one attached hydrogen (secondary N) is 1. The first kappa shape index (κ1) is 40.3. The van der Waals surface area contributed by atoms with Crippen molar-refractivity contribution in [3.05, 3.63) is 0 Å². The molecule has 0 bridgehead atoms. The molecule has 246 valence electrons. The van der Waals surface area contributed by atoms with Crippen molar-refractivity contribution in [2.45, 2.75) is 212 Å². The molecule has 0 radical (unpaired) electrons. The van der Waals surface area contributed by atoms with Crippen molar-refractivity contribution in [3.8, 4) is 0 Å². The summed E-state index contributed by atoms with van der Waals surface area (Å²) in [6.07, 6.45) is 29.3. The molecule has 0 aliphatic carbocycles. The Morgan fingerprint density at radius 1 is 0.512 bits per heavy atom. The number of hydrogen-bond acceptors (Lipinski definition) is 5. The number of carbonyl (C=O) groups is 1. The van der Waals surface area contributed by atoms with Gasteiger partial charge in [0.15, 0.2) is 0 Å². The van der Waals surface area contributed by atoms with E-state index in [1.54, 1.807) is 0 Å². The summed E-state index contributed by atoms with van der Waals surface area (Å²) in [5.74, 6) is -0.590. The van der Waals surface area contributed by atoms with Crippen LogP contribution in [0.1, 0.15) is 187 Å². The first-order valence-corrected chi connectivity index (χ1v) is 17.9. The monoisotopic (exact) mass is 586 g/mol. The van der Waals surface area contributed by atoms with Crippen molar-refractivity contribution in [1.82, 2.24) is 5.32 Å². The van der Waals surface area contributed by atoms with Crippen LogP contribution in [0.2, 0.25) is 0 Å². The summed E-state index contributed by atoms with van der Waals surface area (Å²) in [7, 11) is 0. The number of amides is 1. The van der Waals surface area contributed by atoms with Gasteiger partial charge >= 0.3 is 0 Å². The molecule has 4 atom stereocenters. The number of hydrogen-bond donors (Lipinski definition) is 5. The molecule has 0 aliphatic heterocycles. The van der Waals surface area contributed by atoms with E-state index in [9.17, 15) is 25.2 Å². The van der Waals surface area contributed by atoms with Crippen LogP contribution in [-0.4, -0.2) is 57.3 Å². The molecule has 0 aromatic rings. The van der Waals surface area contributed by atoms with E-state index in [0.717, 1.165) is 38.5 Å². The van der Waals surface area contributed by atoms with Crippen LogP contribution in [0.5, 0.6) is 0 Å². The third-order valence-corrected chi connectivity index (χ3v) is 8.57. The van der Waals surface area contributed by atoms with Gasteiger partial charge in [-0.1, -0.05) is 174 Å². The fraction of sp³-hybridized carbons (Fsp3) is 0.971. The highest BCUT2D eigenvalue weighted by atomic mass is 16.3. The third-order valence-electron chi connectivity index (χ3n) is 8.57. The molecule has 0 aromatic heterocycles. The Labute approximate surface area is 254 Å². The Balaban J connectivity index is 3.53. The highest BCUT2D eigenvalue weighted by Gasteiger charge is 2.28. The van der Waals surface area contributed by atoms with Crippen molar-refractivity contribution in [1.29, 1.82) is 0 Å². The van der Waals surface area contributed by atoms with Crippen molar-refractivity contribution in [3.63, 3.8) is 0 Å². The standard InChI is InChI=1S/C35H71NO5/c1-3-5-7-8-9-10-11-12-13-14-15-16-17-18-19-20-21-22-23-24-25-27-29-33(39)35(41)36-31(30-37)34(40)32(38)28-26-6-4-2/h31-34,37-40H,3-30H2,1-2H3,(H,36,41). The summed E-state index contributed by atoms with van der Waals surface area (Å²) in [5, 5.41) is 42.6. The topological polar surface area (TPSA) is 110 Å². The van der Waals surface area contributed by atoms with Gasteiger partial charge < -0.3 is 25.7 Å². The lowest BCUT2D eigenvalue weighted by Gasteiger charge is -2.27. The van der Waals surface area contributed by atoms with Crippen LogP contribution in [0.15, 0.2) is 0 Å². The van der Waals surface area contributed by atoms with Gasteiger partial charge in [0.25, 0.3) is 0 Å². The Kier molecular flexibility index (Phi) is 30.2. The van der Waals surface area contributed by atoms with Crippen LogP contribution in [0, 0.1) is 0 Å². The quantitative estimate of drug-likeness (QED) is 0.0512. The lowest BCUT2D eigenvalue weighted by Crippen LogP contribution is -2.53. The summed E-state index contributed by atoms with van der Waals surface area (Å²) >= 11 is 0. The minimum atomic E-state index is -1.25. The van der Waals surface area contributed by atoms with Gasteiger partial charge in [-0.25, -0.2) is 0 Å². The molecule has 0 fully saturated rings. The fourth-order valence-corrected chi connectivity index (χ4v) is 5.64. The van der Waals surface area contributed by atoms with Crippen molar-refractivity contribution < 1.29 is 25.2 Å². The highest BCUT2D eigenvalue weighted by Crippen LogP contribution is 2.16. The predicted molar refractivity (Wildman–Crippen MR) is 173 cm³/mol. The average Bonchev–Trinajstić information content (AvgIpc) is 2.97. The zero-order valence-corrected chi connectivity index (χ0v) is 27.3. The van der Waals surface area contributed by atoms with Crippen molar-refractivity contribution in [2.24, 2.45) is 0 Å². The first-order valence-electron chi connectivity index (χ1n) is 17.9. The number of carbonyl (C=O) groups excluding carboxylic acids is 1. The molecule has 4 unspecified atom stereocenters. The average molecular weight is 586 g/mol. The lowest BCUT2D eigenvalue weighted by atomic mass is 10.00. The van der Waals surface area contributed by atoms with Gasteiger partial charge in [-0.05, 0) is 12.8 Å². The number of aliphatic hydroxyl groups excluding tert-OH is 4. The van der Waals surface area contributed by atoms with Crippen LogP contribution < -0.4 is 5.32 Å². The summed E-state index contributed by atoms with van der Waals surface area (Å²) in [4.78, 5) is 12.3. The molecule has 0 spiro atoms. The fourth-order valence-electron chi connectivity index (χ4n) is 5.64. The molecule has 6 nitrogen and oxygen atoms in total. The SMILES string of the molecule is CCCCCCCCCCCCCCCCCCCCCCCCC(O)C(=O)NC(CO)C(O)C(O)CCCCC. The molecule has 0 rings (SSSR count). The van der Waals surface area contributed by atoms with E-state index in [0.29, 0.717) is 12.8 Å². The van der Waals surface area contributed by atoms with Crippen molar-refractivity contribution >= 4 is 5.91 Å². The predicted octanol–water partition coefficient (Wildman–Crippen LogP) is 8.12. The molecule has 0 aromatic carbocycles. The second-order valence-electron chi connectivity index (χ2n) is 12.6. The zero-order valence-electron chi connectivity index (χ0n) is 27.3. The van der Waals surface area contributed by atoms with E-state index in [2.05, 4.69) is 19.2 Å². The van der Waals surface area contributed by atoms with Gasteiger partial charge in [-0.15, -0.1) is 0 Å². The Morgan fingerprint density at radius 3 is 1.20 bits per heavy atom. The molecule has 6 heteroatoms. The third kappa shape index (κ3) is 25.5. The molecular weight excluding hydrogens is 514 g/mol. The summed E-state index contributed by atoms with van der Waals surface area (Å²) in [6, 6.07) is -0.974. The van der Waals surface area contributed by atoms with Crippen LogP contribution in [0.4, 0.5) is 0 Å². The molecule has 1 amide bonds. The number of aliphatic hydroxyl groups is 4. The van der Waals surface area contributed by atoms with E-state index in [1.165, 1.54) is 122 Å². The van der Waals surface area contributed by atoms with E-state index < -0.39 is 36.9 Å². The van der Waals surface area contributed by atoms with Crippen LogP contribution in [-0.2, 0) is 4.79 Å². The molecular formula is C35H71NO5. The summed E-state index contributed by atoms with van der Waals surface area (Å²) < 4.78 is 0. The van der Waals surface area contributed by atoms with E-state index in [-0.39, 0.29) is 0 Å². The maximum absolute atomic E-state index is 12.3. The normalized spacial score (nSPS) is 14.6. The Bertz CT molecular complexity index is 547. The molecule has 0 heterocycles. The largest absolute Gasteiger partial charge is 0.394 e.